The van der Waals surface area contributed by atoms with Crippen molar-refractivity contribution in [1.29, 1.82) is 0 Å². The van der Waals surface area contributed by atoms with E-state index < -0.39 is 17.6 Å². The highest BCUT2D eigenvalue weighted by molar-refractivity contribution is 7.09. The van der Waals surface area contributed by atoms with Gasteiger partial charge in [0, 0.05) is 24.2 Å². The molecule has 0 saturated heterocycles. The third kappa shape index (κ3) is 4.28. The Morgan fingerprint density at radius 3 is 2.86 bits per heavy atom. The number of aromatic nitrogens is 3. The zero-order valence-electron chi connectivity index (χ0n) is 11.1. The zero-order valence-corrected chi connectivity index (χ0v) is 12.0. The van der Waals surface area contributed by atoms with Crippen molar-refractivity contribution in [2.45, 2.75) is 19.5 Å². The number of anilines is 1. The smallest absolute Gasteiger partial charge is 0.421 e. The van der Waals surface area contributed by atoms with Crippen molar-refractivity contribution in [3.8, 4) is 5.88 Å². The summed E-state index contributed by atoms with van der Waals surface area (Å²) in [5.41, 5.74) is -0.880. The maximum Gasteiger partial charge on any atom is 0.421 e. The second-order valence-corrected chi connectivity index (χ2v) is 4.75. The Hall–Kier alpha value is -1.90. The van der Waals surface area contributed by atoms with Crippen LogP contribution in [0.25, 0.3) is 0 Å². The van der Waals surface area contributed by atoms with Crippen molar-refractivity contribution in [2.75, 3.05) is 18.5 Å². The number of nitrogens with zero attached hydrogens (tertiary/aromatic N) is 3. The van der Waals surface area contributed by atoms with Crippen LogP contribution in [0.2, 0.25) is 0 Å². The van der Waals surface area contributed by atoms with Gasteiger partial charge in [0.25, 0.3) is 0 Å². The molecule has 0 fully saturated rings. The molecule has 0 aliphatic carbocycles. The molecule has 0 aromatic carbocycles. The molecule has 114 valence electrons. The molecular formula is C12H13F3N4OS. The van der Waals surface area contributed by atoms with Gasteiger partial charge in [-0.05, 0) is 12.1 Å². The van der Waals surface area contributed by atoms with Crippen molar-refractivity contribution in [3.05, 3.63) is 29.7 Å². The standard InChI is InChI=1S/C12H13F3N4OS/c1-2-9-18-11(21-19-9)17-6-7-20-10-8(12(13,14)15)4-3-5-16-10/h3-5H,2,6-7H2,1H3,(H,17,18,19). The minimum atomic E-state index is -4.48. The minimum absolute atomic E-state index is 0.0428. The fourth-order valence-corrected chi connectivity index (χ4v) is 2.17. The van der Waals surface area contributed by atoms with Crippen LogP contribution in [0.4, 0.5) is 18.3 Å². The quantitative estimate of drug-likeness (QED) is 0.830. The summed E-state index contributed by atoms with van der Waals surface area (Å²) in [6.45, 7) is 2.29. The second kappa shape index (κ2) is 6.70. The van der Waals surface area contributed by atoms with Gasteiger partial charge in [0.2, 0.25) is 11.0 Å². The first kappa shape index (κ1) is 15.5. The number of hydrogen-bond donors (Lipinski definition) is 1. The van der Waals surface area contributed by atoms with Crippen LogP contribution in [0.3, 0.4) is 0 Å². The molecule has 0 saturated carbocycles. The Morgan fingerprint density at radius 1 is 1.38 bits per heavy atom. The third-order valence-corrected chi connectivity index (χ3v) is 3.19. The zero-order chi connectivity index (χ0) is 15.3. The summed E-state index contributed by atoms with van der Waals surface area (Å²) in [7, 11) is 0. The van der Waals surface area contributed by atoms with E-state index in [4.69, 9.17) is 4.74 Å². The predicted molar refractivity (Wildman–Crippen MR) is 72.5 cm³/mol. The topological polar surface area (TPSA) is 59.9 Å². The number of aryl methyl sites for hydroxylation is 1. The average molecular weight is 318 g/mol. The van der Waals surface area contributed by atoms with Gasteiger partial charge in [0.1, 0.15) is 18.0 Å². The van der Waals surface area contributed by atoms with Gasteiger partial charge in [0.05, 0.1) is 6.54 Å². The Labute approximate surface area is 123 Å². The maximum atomic E-state index is 12.7. The molecule has 0 unspecified atom stereocenters. The monoisotopic (exact) mass is 318 g/mol. The Kier molecular flexibility index (Phi) is 4.94. The average Bonchev–Trinajstić information content (AvgIpc) is 2.91. The summed E-state index contributed by atoms with van der Waals surface area (Å²) in [5, 5.41) is 3.56. The molecule has 0 atom stereocenters. The number of halogens is 3. The van der Waals surface area contributed by atoms with E-state index in [1.54, 1.807) is 0 Å². The van der Waals surface area contributed by atoms with Gasteiger partial charge in [-0.15, -0.1) is 0 Å². The number of nitrogens with one attached hydrogen (secondary N) is 1. The van der Waals surface area contributed by atoms with E-state index in [9.17, 15) is 13.2 Å². The summed E-state index contributed by atoms with van der Waals surface area (Å²) in [6, 6.07) is 2.16. The van der Waals surface area contributed by atoms with Crippen molar-refractivity contribution >= 4 is 16.7 Å². The summed E-state index contributed by atoms with van der Waals surface area (Å²) < 4.78 is 47.3. The second-order valence-electron chi connectivity index (χ2n) is 4.00. The Bertz CT molecular complexity index is 588. The van der Waals surface area contributed by atoms with Gasteiger partial charge in [-0.3, -0.25) is 0 Å². The van der Waals surface area contributed by atoms with E-state index in [2.05, 4.69) is 19.7 Å². The van der Waals surface area contributed by atoms with Crippen LogP contribution in [0.15, 0.2) is 18.3 Å². The van der Waals surface area contributed by atoms with Crippen molar-refractivity contribution in [3.63, 3.8) is 0 Å². The summed E-state index contributed by atoms with van der Waals surface area (Å²) in [6.07, 6.45) is -2.49. The molecule has 21 heavy (non-hydrogen) atoms. The largest absolute Gasteiger partial charge is 0.475 e. The first-order chi connectivity index (χ1) is 10.0. The number of rotatable bonds is 6. The highest BCUT2D eigenvalue weighted by Gasteiger charge is 2.34. The molecule has 1 N–H and O–H groups in total. The van der Waals surface area contributed by atoms with Gasteiger partial charge < -0.3 is 10.1 Å². The molecule has 0 aliphatic rings. The predicted octanol–water partition coefficient (Wildman–Crippen LogP) is 3.01. The molecule has 0 radical (unpaired) electrons. The number of alkyl halides is 3. The van der Waals surface area contributed by atoms with Gasteiger partial charge in [-0.25, -0.2) is 9.97 Å². The van der Waals surface area contributed by atoms with Crippen molar-refractivity contribution < 1.29 is 17.9 Å². The number of ether oxygens (including phenoxy) is 1. The van der Waals surface area contributed by atoms with Crippen LogP contribution in [0.1, 0.15) is 18.3 Å². The molecule has 0 spiro atoms. The molecule has 2 rings (SSSR count). The van der Waals surface area contributed by atoms with E-state index in [0.29, 0.717) is 11.7 Å². The molecular weight excluding hydrogens is 305 g/mol. The van der Waals surface area contributed by atoms with Gasteiger partial charge in [-0.1, -0.05) is 6.92 Å². The van der Waals surface area contributed by atoms with Gasteiger partial charge in [0.15, 0.2) is 0 Å². The lowest BCUT2D eigenvalue weighted by molar-refractivity contribution is -0.139. The third-order valence-electron chi connectivity index (χ3n) is 2.48. The maximum absolute atomic E-state index is 12.7. The van der Waals surface area contributed by atoms with Crippen LogP contribution in [0.5, 0.6) is 5.88 Å². The molecule has 0 amide bonds. The molecule has 9 heteroatoms. The molecule has 0 aliphatic heterocycles. The highest BCUT2D eigenvalue weighted by Crippen LogP contribution is 2.34. The summed E-state index contributed by atoms with van der Waals surface area (Å²) in [5.74, 6) is 0.311. The first-order valence-corrected chi connectivity index (χ1v) is 6.99. The SMILES string of the molecule is CCc1nsc(NCCOc2ncccc2C(F)(F)F)n1. The number of pyridine rings is 1. The van der Waals surface area contributed by atoms with Crippen LogP contribution < -0.4 is 10.1 Å². The van der Waals surface area contributed by atoms with Crippen LogP contribution in [-0.2, 0) is 12.6 Å². The van der Waals surface area contributed by atoms with Crippen LogP contribution in [0, 0.1) is 0 Å². The van der Waals surface area contributed by atoms with Crippen molar-refractivity contribution in [1.82, 2.24) is 14.3 Å². The Balaban J connectivity index is 1.86. The molecule has 2 aromatic rings. The highest BCUT2D eigenvalue weighted by atomic mass is 32.1. The van der Waals surface area contributed by atoms with E-state index in [0.717, 1.165) is 18.3 Å². The normalized spacial score (nSPS) is 11.4. The number of hydrogen-bond acceptors (Lipinski definition) is 6. The van der Waals surface area contributed by atoms with E-state index in [1.807, 2.05) is 6.92 Å². The first-order valence-electron chi connectivity index (χ1n) is 6.22. The minimum Gasteiger partial charge on any atom is -0.475 e. The molecule has 2 heterocycles. The fourth-order valence-electron chi connectivity index (χ4n) is 1.50. The van der Waals surface area contributed by atoms with Crippen LogP contribution in [-0.4, -0.2) is 27.5 Å². The van der Waals surface area contributed by atoms with E-state index in [1.165, 1.54) is 23.8 Å². The van der Waals surface area contributed by atoms with Gasteiger partial charge in [-0.2, -0.15) is 17.5 Å². The Morgan fingerprint density at radius 2 is 2.19 bits per heavy atom. The lowest BCUT2D eigenvalue weighted by Crippen LogP contribution is -2.15. The van der Waals surface area contributed by atoms with Gasteiger partial charge >= 0.3 is 6.18 Å². The lowest BCUT2D eigenvalue weighted by Gasteiger charge is -2.12. The summed E-state index contributed by atoms with van der Waals surface area (Å²) in [4.78, 5) is 7.79. The fraction of sp³-hybridized carbons (Fsp3) is 0.417. The molecule has 5 nitrogen and oxygen atoms in total. The van der Waals surface area contributed by atoms with Crippen LogP contribution >= 0.6 is 11.5 Å². The van der Waals surface area contributed by atoms with Crippen molar-refractivity contribution in [2.24, 2.45) is 0 Å². The van der Waals surface area contributed by atoms with E-state index in [-0.39, 0.29) is 6.61 Å². The molecule has 2 aromatic heterocycles. The molecule has 0 bridgehead atoms. The summed E-state index contributed by atoms with van der Waals surface area (Å²) >= 11 is 1.20. The van der Waals surface area contributed by atoms with E-state index >= 15 is 0 Å². The lowest BCUT2D eigenvalue weighted by atomic mass is 10.2.